The van der Waals surface area contributed by atoms with Crippen molar-refractivity contribution < 1.29 is 9.84 Å². The van der Waals surface area contributed by atoms with Crippen LogP contribution in [0, 0.1) is 0 Å². The number of aliphatic hydroxyl groups excluding tert-OH is 1. The van der Waals surface area contributed by atoms with Crippen LogP contribution >= 0.6 is 11.3 Å². The van der Waals surface area contributed by atoms with Crippen LogP contribution in [-0.4, -0.2) is 29.8 Å². The third-order valence-corrected chi connectivity index (χ3v) is 3.65. The molecule has 0 fully saturated rings. The highest BCUT2D eigenvalue weighted by Gasteiger charge is 2.16. The molecule has 2 aromatic heterocycles. The lowest BCUT2D eigenvalue weighted by Crippen LogP contribution is -2.09. The quantitative estimate of drug-likeness (QED) is 0.831. The van der Waals surface area contributed by atoms with E-state index in [1.807, 2.05) is 11.5 Å². The van der Waals surface area contributed by atoms with Gasteiger partial charge in [-0.05, 0) is 17.5 Å². The highest BCUT2D eigenvalue weighted by Crippen LogP contribution is 2.37. The van der Waals surface area contributed by atoms with Crippen LogP contribution < -0.4 is 10.1 Å². The minimum atomic E-state index is 0.136. The average molecular weight is 262 g/mol. The largest absolute Gasteiger partial charge is 0.477 e. The summed E-state index contributed by atoms with van der Waals surface area (Å²) < 4.78 is 5.67. The second-order valence-electron chi connectivity index (χ2n) is 4.05. The van der Waals surface area contributed by atoms with E-state index in [2.05, 4.69) is 22.4 Å². The van der Waals surface area contributed by atoms with Crippen LogP contribution in [0.5, 0.6) is 5.88 Å². The Bertz CT molecular complexity index is 592. The van der Waals surface area contributed by atoms with Crippen molar-refractivity contribution in [1.82, 2.24) is 4.98 Å². The Hall–Kier alpha value is -1.59. The molecule has 94 valence electrons. The Morgan fingerprint density at radius 3 is 3.33 bits per heavy atom. The number of aliphatic hydroxyl groups is 1. The van der Waals surface area contributed by atoms with Crippen molar-refractivity contribution in [3.63, 3.8) is 0 Å². The summed E-state index contributed by atoms with van der Waals surface area (Å²) in [5.41, 5.74) is 2.10. The van der Waals surface area contributed by atoms with Crippen LogP contribution in [0.3, 0.4) is 0 Å². The van der Waals surface area contributed by atoms with Gasteiger partial charge in [0.2, 0.25) is 5.88 Å². The summed E-state index contributed by atoms with van der Waals surface area (Å²) in [5.74, 6) is 0.650. The van der Waals surface area contributed by atoms with Crippen molar-refractivity contribution in [2.45, 2.75) is 6.42 Å². The fourth-order valence-corrected chi connectivity index (χ4v) is 2.77. The van der Waals surface area contributed by atoms with Gasteiger partial charge in [0.15, 0.2) is 0 Å². The van der Waals surface area contributed by atoms with Gasteiger partial charge >= 0.3 is 0 Å². The Morgan fingerprint density at radius 1 is 1.50 bits per heavy atom. The van der Waals surface area contributed by atoms with E-state index < -0.39 is 0 Å². The number of nitrogens with zero attached hydrogens (tertiary/aromatic N) is 1. The molecule has 4 nitrogen and oxygen atoms in total. The van der Waals surface area contributed by atoms with Gasteiger partial charge in [-0.1, -0.05) is 6.08 Å². The molecule has 5 heteroatoms. The number of pyridine rings is 1. The fraction of sp³-hybridized carbons (Fsp3) is 0.308. The molecule has 2 aromatic rings. The average Bonchev–Trinajstić information content (AvgIpc) is 2.87. The molecule has 3 rings (SSSR count). The van der Waals surface area contributed by atoms with Gasteiger partial charge in [-0.3, -0.25) is 0 Å². The first kappa shape index (κ1) is 11.5. The van der Waals surface area contributed by atoms with Crippen LogP contribution in [0.4, 0.5) is 5.69 Å². The summed E-state index contributed by atoms with van der Waals surface area (Å²) in [6.45, 7) is 1.45. The van der Waals surface area contributed by atoms with E-state index in [1.165, 1.54) is 0 Å². The first-order valence-corrected chi connectivity index (χ1v) is 6.83. The third-order valence-electron chi connectivity index (χ3n) is 2.84. The maximum atomic E-state index is 8.80. The van der Waals surface area contributed by atoms with E-state index in [1.54, 1.807) is 11.3 Å². The number of rotatable bonds is 4. The zero-order valence-corrected chi connectivity index (χ0v) is 10.7. The number of fused-ring (bicyclic) bond motifs is 3. The fourth-order valence-electron chi connectivity index (χ4n) is 2.01. The second-order valence-corrected chi connectivity index (χ2v) is 4.95. The molecule has 0 radical (unpaired) electrons. The van der Waals surface area contributed by atoms with Crippen LogP contribution in [0.2, 0.25) is 0 Å². The van der Waals surface area contributed by atoms with Crippen LogP contribution in [0.15, 0.2) is 17.5 Å². The molecule has 0 atom stereocenters. The molecule has 1 aliphatic heterocycles. The number of ether oxygens (including phenoxy) is 1. The SMILES string of the molecule is OCCCOc1nc2sccc2c2c1C=CCN2. The maximum absolute atomic E-state index is 8.80. The molecule has 0 amide bonds. The lowest BCUT2D eigenvalue weighted by Gasteiger charge is -2.17. The van der Waals surface area contributed by atoms with Crippen molar-refractivity contribution in [3.8, 4) is 5.88 Å². The van der Waals surface area contributed by atoms with E-state index >= 15 is 0 Å². The van der Waals surface area contributed by atoms with Crippen LogP contribution in [-0.2, 0) is 0 Å². The Labute approximate surface area is 109 Å². The predicted molar refractivity (Wildman–Crippen MR) is 74.3 cm³/mol. The summed E-state index contributed by atoms with van der Waals surface area (Å²) in [6.07, 6.45) is 4.72. The smallest absolute Gasteiger partial charge is 0.224 e. The number of hydrogen-bond acceptors (Lipinski definition) is 5. The summed E-state index contributed by atoms with van der Waals surface area (Å²) in [6, 6.07) is 2.08. The van der Waals surface area contributed by atoms with Gasteiger partial charge in [-0.15, -0.1) is 11.3 Å². The van der Waals surface area contributed by atoms with Crippen molar-refractivity contribution in [2.24, 2.45) is 0 Å². The van der Waals surface area contributed by atoms with Gasteiger partial charge in [-0.25, -0.2) is 4.98 Å². The molecular formula is C13H14N2O2S. The molecule has 0 aliphatic carbocycles. The minimum Gasteiger partial charge on any atom is -0.477 e. The van der Waals surface area contributed by atoms with Gasteiger partial charge < -0.3 is 15.2 Å². The van der Waals surface area contributed by atoms with Gasteiger partial charge in [0.1, 0.15) is 4.83 Å². The van der Waals surface area contributed by atoms with Gasteiger partial charge in [0.05, 0.1) is 17.9 Å². The molecule has 0 spiro atoms. The van der Waals surface area contributed by atoms with Crippen molar-refractivity contribution in [3.05, 3.63) is 23.1 Å². The maximum Gasteiger partial charge on any atom is 0.224 e. The second kappa shape index (κ2) is 4.96. The lowest BCUT2D eigenvalue weighted by atomic mass is 10.1. The number of hydrogen-bond donors (Lipinski definition) is 2. The normalized spacial score (nSPS) is 13.4. The Balaban J connectivity index is 2.05. The summed E-state index contributed by atoms with van der Waals surface area (Å²) >= 11 is 1.61. The zero-order chi connectivity index (χ0) is 12.4. The molecule has 18 heavy (non-hydrogen) atoms. The highest BCUT2D eigenvalue weighted by atomic mass is 32.1. The third kappa shape index (κ3) is 1.95. The molecule has 0 aromatic carbocycles. The molecule has 0 saturated carbocycles. The van der Waals surface area contributed by atoms with E-state index in [-0.39, 0.29) is 6.61 Å². The lowest BCUT2D eigenvalue weighted by molar-refractivity contribution is 0.229. The van der Waals surface area contributed by atoms with Gasteiger partial charge in [0.25, 0.3) is 0 Å². The number of aromatic nitrogens is 1. The topological polar surface area (TPSA) is 54.4 Å². The first-order chi connectivity index (χ1) is 8.90. The molecule has 0 unspecified atom stereocenters. The number of thiophene rings is 1. The first-order valence-electron chi connectivity index (χ1n) is 5.95. The van der Waals surface area contributed by atoms with Crippen molar-refractivity contribution in [2.75, 3.05) is 25.1 Å². The van der Waals surface area contributed by atoms with Crippen LogP contribution in [0.1, 0.15) is 12.0 Å². The van der Waals surface area contributed by atoms with E-state index in [9.17, 15) is 0 Å². The molecule has 0 bridgehead atoms. The van der Waals surface area contributed by atoms with Crippen LogP contribution in [0.25, 0.3) is 16.3 Å². The molecule has 2 N–H and O–H groups in total. The Morgan fingerprint density at radius 2 is 2.44 bits per heavy atom. The van der Waals surface area contributed by atoms with Gasteiger partial charge in [-0.2, -0.15) is 0 Å². The molecule has 3 heterocycles. The zero-order valence-electron chi connectivity index (χ0n) is 9.85. The Kier molecular flexibility index (Phi) is 3.17. The van der Waals surface area contributed by atoms with E-state index in [0.717, 1.165) is 28.0 Å². The summed E-state index contributed by atoms with van der Waals surface area (Å²) in [4.78, 5) is 5.53. The van der Waals surface area contributed by atoms with Gasteiger partial charge in [0, 0.05) is 25.0 Å². The minimum absolute atomic E-state index is 0.136. The van der Waals surface area contributed by atoms with E-state index in [4.69, 9.17) is 9.84 Å². The summed E-state index contributed by atoms with van der Waals surface area (Å²) in [7, 11) is 0. The van der Waals surface area contributed by atoms with E-state index in [0.29, 0.717) is 18.9 Å². The molecular weight excluding hydrogens is 248 g/mol. The predicted octanol–water partition coefficient (Wildman–Crippen LogP) is 2.50. The summed E-state index contributed by atoms with van der Waals surface area (Å²) in [5, 5.41) is 15.4. The van der Waals surface area contributed by atoms with Crippen molar-refractivity contribution in [1.29, 1.82) is 0 Å². The number of nitrogens with one attached hydrogen (secondary N) is 1. The highest BCUT2D eigenvalue weighted by molar-refractivity contribution is 7.16. The van der Waals surface area contributed by atoms with Crippen molar-refractivity contribution >= 4 is 33.3 Å². The molecule has 0 saturated heterocycles. The molecule has 1 aliphatic rings. The standard InChI is InChI=1S/C13H14N2O2S/c16-6-2-7-17-12-9-3-1-5-14-11(9)10-4-8-18-13(10)15-12/h1,3-4,8,14,16H,2,5-7H2. The number of anilines is 1. The monoisotopic (exact) mass is 262 g/mol.